The van der Waals surface area contributed by atoms with Crippen molar-refractivity contribution in [2.45, 2.75) is 19.4 Å². The van der Waals surface area contributed by atoms with E-state index in [4.69, 9.17) is 17.3 Å². The second-order valence-electron chi connectivity index (χ2n) is 4.78. The van der Waals surface area contributed by atoms with Crippen molar-refractivity contribution in [1.29, 1.82) is 0 Å². The molecule has 0 aliphatic carbocycles. The number of halogens is 1. The highest BCUT2D eigenvalue weighted by Gasteiger charge is 2.21. The lowest BCUT2D eigenvalue weighted by molar-refractivity contribution is 0.0751. The Balaban J connectivity index is 2.81. The molecule has 1 heterocycles. The summed E-state index contributed by atoms with van der Waals surface area (Å²) >= 11 is 5.99. The van der Waals surface area contributed by atoms with Crippen molar-refractivity contribution in [3.05, 3.63) is 28.9 Å². The highest BCUT2D eigenvalue weighted by molar-refractivity contribution is 6.41. The van der Waals surface area contributed by atoms with Crippen LogP contribution < -0.4 is 11.2 Å². The second kappa shape index (κ2) is 3.89. The first-order valence-electron chi connectivity index (χ1n) is 5.38. The van der Waals surface area contributed by atoms with Crippen LogP contribution >= 0.6 is 11.6 Å². The zero-order valence-electron chi connectivity index (χ0n) is 10.1. The molecule has 0 radical (unpaired) electrons. The van der Waals surface area contributed by atoms with Crippen molar-refractivity contribution < 1.29 is 5.11 Å². The summed E-state index contributed by atoms with van der Waals surface area (Å²) in [6.45, 7) is 3.34. The van der Waals surface area contributed by atoms with Crippen LogP contribution in [0, 0.1) is 0 Å². The molecule has 3 nitrogen and oxygen atoms in total. The van der Waals surface area contributed by atoms with Gasteiger partial charge in [0, 0.05) is 10.4 Å². The molecule has 0 bridgehead atoms. The van der Waals surface area contributed by atoms with Gasteiger partial charge in [-0.25, -0.2) is 4.98 Å². The van der Waals surface area contributed by atoms with Crippen LogP contribution in [0.15, 0.2) is 18.2 Å². The zero-order chi connectivity index (χ0) is 12.8. The van der Waals surface area contributed by atoms with Crippen LogP contribution in [0.2, 0.25) is 5.02 Å². The number of anilines is 1. The standard InChI is InChI=1S/C12H14BClN2O/c1-12(2,17)11-9(15)4-6-3-7(14)5-8(13)10(6)16-11/h3-5,17H,13,15H2,1-2H3. The zero-order valence-corrected chi connectivity index (χ0v) is 10.8. The maximum absolute atomic E-state index is 10.0. The fraction of sp³-hybridized carbons (Fsp3) is 0.250. The maximum Gasteiger partial charge on any atom is 0.142 e. The lowest BCUT2D eigenvalue weighted by Gasteiger charge is -2.19. The Bertz CT molecular complexity index is 593. The fourth-order valence-electron chi connectivity index (χ4n) is 1.93. The van der Waals surface area contributed by atoms with E-state index in [0.29, 0.717) is 16.4 Å². The van der Waals surface area contributed by atoms with E-state index in [9.17, 15) is 5.11 Å². The fourth-order valence-corrected chi connectivity index (χ4v) is 2.21. The van der Waals surface area contributed by atoms with Crippen molar-refractivity contribution >= 4 is 41.5 Å². The lowest BCUT2D eigenvalue weighted by Crippen LogP contribution is -2.21. The number of aliphatic hydroxyl groups is 1. The van der Waals surface area contributed by atoms with Gasteiger partial charge < -0.3 is 10.8 Å². The van der Waals surface area contributed by atoms with E-state index in [1.54, 1.807) is 19.9 Å². The van der Waals surface area contributed by atoms with Crippen molar-refractivity contribution in [3.63, 3.8) is 0 Å². The molecule has 0 saturated carbocycles. The van der Waals surface area contributed by atoms with Gasteiger partial charge in [0.05, 0.1) is 16.9 Å². The molecule has 0 spiro atoms. The Morgan fingerprint density at radius 3 is 2.59 bits per heavy atom. The van der Waals surface area contributed by atoms with Crippen LogP contribution in [0.1, 0.15) is 19.5 Å². The van der Waals surface area contributed by atoms with Gasteiger partial charge in [-0.05, 0) is 32.0 Å². The number of hydrogen-bond donors (Lipinski definition) is 2. The smallest absolute Gasteiger partial charge is 0.142 e. The van der Waals surface area contributed by atoms with Crippen molar-refractivity contribution in [2.75, 3.05) is 5.73 Å². The molecule has 0 amide bonds. The second-order valence-corrected chi connectivity index (χ2v) is 5.22. The van der Waals surface area contributed by atoms with E-state index in [2.05, 4.69) is 4.98 Å². The average Bonchev–Trinajstić information content (AvgIpc) is 2.13. The van der Waals surface area contributed by atoms with Crippen LogP contribution in [0.25, 0.3) is 10.9 Å². The van der Waals surface area contributed by atoms with Gasteiger partial charge in [0.2, 0.25) is 0 Å². The third-order valence-electron chi connectivity index (χ3n) is 2.68. The first-order valence-corrected chi connectivity index (χ1v) is 5.76. The lowest BCUT2D eigenvalue weighted by atomic mass is 9.92. The Kier molecular flexibility index (Phi) is 2.80. The molecular formula is C12H14BClN2O. The molecule has 2 rings (SSSR count). The largest absolute Gasteiger partial charge is 0.397 e. The number of nitrogens with zero attached hydrogens (tertiary/aromatic N) is 1. The van der Waals surface area contributed by atoms with E-state index in [1.165, 1.54) is 0 Å². The molecule has 88 valence electrons. The van der Waals surface area contributed by atoms with Crippen LogP contribution in [-0.4, -0.2) is 17.9 Å². The summed E-state index contributed by atoms with van der Waals surface area (Å²) in [6.07, 6.45) is 0. The molecule has 5 heteroatoms. The molecule has 0 fully saturated rings. The minimum atomic E-state index is -1.05. The maximum atomic E-state index is 10.0. The molecule has 17 heavy (non-hydrogen) atoms. The molecule has 0 unspecified atom stereocenters. The number of fused-ring (bicyclic) bond motifs is 1. The summed E-state index contributed by atoms with van der Waals surface area (Å²) < 4.78 is 0. The van der Waals surface area contributed by atoms with Crippen LogP contribution in [0.3, 0.4) is 0 Å². The van der Waals surface area contributed by atoms with Gasteiger partial charge in [-0.15, -0.1) is 0 Å². The quantitative estimate of drug-likeness (QED) is 0.739. The number of benzene rings is 1. The summed E-state index contributed by atoms with van der Waals surface area (Å²) in [5, 5.41) is 11.6. The molecule has 0 saturated heterocycles. The first-order chi connectivity index (χ1) is 7.79. The van der Waals surface area contributed by atoms with Crippen LogP contribution in [-0.2, 0) is 5.60 Å². The van der Waals surface area contributed by atoms with Crippen LogP contribution in [0.5, 0.6) is 0 Å². The molecule has 0 atom stereocenters. The third kappa shape index (κ3) is 2.23. The van der Waals surface area contributed by atoms with Gasteiger partial charge in [0.15, 0.2) is 0 Å². The van der Waals surface area contributed by atoms with E-state index < -0.39 is 5.60 Å². The Labute approximate surface area is 106 Å². The molecule has 3 N–H and O–H groups in total. The molecule has 1 aromatic heterocycles. The number of pyridine rings is 1. The average molecular weight is 249 g/mol. The van der Waals surface area contributed by atoms with Gasteiger partial charge in [-0.3, -0.25) is 0 Å². The van der Waals surface area contributed by atoms with Crippen molar-refractivity contribution in [1.82, 2.24) is 4.98 Å². The minimum Gasteiger partial charge on any atom is -0.397 e. The third-order valence-corrected chi connectivity index (χ3v) is 2.90. The molecule has 2 aromatic rings. The topological polar surface area (TPSA) is 59.1 Å². The Hall–Kier alpha value is -1.26. The van der Waals surface area contributed by atoms with E-state index in [1.807, 2.05) is 20.0 Å². The van der Waals surface area contributed by atoms with E-state index in [-0.39, 0.29) is 0 Å². The van der Waals surface area contributed by atoms with E-state index in [0.717, 1.165) is 16.4 Å². The molecular weight excluding hydrogens is 234 g/mol. The van der Waals surface area contributed by atoms with Crippen molar-refractivity contribution in [2.24, 2.45) is 0 Å². The molecule has 1 aromatic carbocycles. The SMILES string of the molecule is Bc1cc(Cl)cc2cc(N)c(C(C)(C)O)nc12. The van der Waals surface area contributed by atoms with E-state index >= 15 is 0 Å². The predicted octanol–water partition coefficient (Wildman–Crippen LogP) is 0.956. The number of aromatic nitrogens is 1. The molecule has 0 aliphatic rings. The van der Waals surface area contributed by atoms with Gasteiger partial charge in [0.25, 0.3) is 0 Å². The number of hydrogen-bond acceptors (Lipinski definition) is 3. The highest BCUT2D eigenvalue weighted by Crippen LogP contribution is 2.27. The summed E-state index contributed by atoms with van der Waals surface area (Å²) in [7, 11) is 1.94. The van der Waals surface area contributed by atoms with Gasteiger partial charge in [-0.1, -0.05) is 17.1 Å². The monoisotopic (exact) mass is 248 g/mol. The van der Waals surface area contributed by atoms with Gasteiger partial charge in [0.1, 0.15) is 13.4 Å². The summed E-state index contributed by atoms with van der Waals surface area (Å²) in [5.41, 5.74) is 7.62. The number of nitrogens with two attached hydrogens (primary N) is 1. The summed E-state index contributed by atoms with van der Waals surface area (Å²) in [5.74, 6) is 0. The summed E-state index contributed by atoms with van der Waals surface area (Å²) in [6, 6.07) is 5.47. The Morgan fingerprint density at radius 1 is 1.35 bits per heavy atom. The molecule has 0 aliphatic heterocycles. The summed E-state index contributed by atoms with van der Waals surface area (Å²) in [4.78, 5) is 4.45. The normalized spacial score (nSPS) is 12.0. The number of nitrogen functional groups attached to an aromatic ring is 1. The van der Waals surface area contributed by atoms with Gasteiger partial charge in [-0.2, -0.15) is 0 Å². The predicted molar refractivity (Wildman–Crippen MR) is 74.6 cm³/mol. The van der Waals surface area contributed by atoms with Crippen molar-refractivity contribution in [3.8, 4) is 0 Å². The Morgan fingerprint density at radius 2 is 2.00 bits per heavy atom. The number of rotatable bonds is 1. The first kappa shape index (κ1) is 12.2. The van der Waals surface area contributed by atoms with Crippen LogP contribution in [0.4, 0.5) is 5.69 Å². The minimum absolute atomic E-state index is 0.478. The van der Waals surface area contributed by atoms with Gasteiger partial charge >= 0.3 is 0 Å². The highest BCUT2D eigenvalue weighted by atomic mass is 35.5.